The van der Waals surface area contributed by atoms with Crippen LogP contribution in [-0.4, -0.2) is 25.7 Å². The van der Waals surface area contributed by atoms with Gasteiger partial charge in [-0.3, -0.25) is 4.79 Å². The van der Waals surface area contributed by atoms with E-state index in [9.17, 15) is 4.79 Å². The second-order valence-electron chi connectivity index (χ2n) is 6.26. The molecule has 25 heavy (non-hydrogen) atoms. The summed E-state index contributed by atoms with van der Waals surface area (Å²) in [5.41, 5.74) is 0.855. The molecule has 1 aliphatic carbocycles. The monoisotopic (exact) mass is 359 g/mol. The van der Waals surface area contributed by atoms with Crippen molar-refractivity contribution in [2.75, 3.05) is 18.6 Å². The molecule has 0 heterocycles. The predicted molar refractivity (Wildman–Crippen MR) is 99.6 cm³/mol. The number of carbonyl (C=O) groups is 1. The Morgan fingerprint density at radius 2 is 1.88 bits per heavy atom. The Morgan fingerprint density at radius 3 is 2.48 bits per heavy atom. The Hall–Kier alpha value is -2.20. The minimum Gasteiger partial charge on any atom is -0.497 e. The van der Waals surface area contributed by atoms with Crippen LogP contribution in [0.3, 0.4) is 0 Å². The SMILES string of the molecule is COc1ccc(N(C(=O)COc2ccccc2Cl)C(C)C2CC2)cc1. The summed E-state index contributed by atoms with van der Waals surface area (Å²) in [6.45, 7) is 2.04. The van der Waals surface area contributed by atoms with Crippen LogP contribution in [0.25, 0.3) is 0 Å². The van der Waals surface area contributed by atoms with E-state index in [1.54, 1.807) is 19.2 Å². The Bertz CT molecular complexity index is 728. The average molecular weight is 360 g/mol. The van der Waals surface area contributed by atoms with Crippen molar-refractivity contribution in [3.05, 3.63) is 53.6 Å². The van der Waals surface area contributed by atoms with E-state index in [0.29, 0.717) is 16.7 Å². The molecule has 1 amide bonds. The maximum absolute atomic E-state index is 12.9. The smallest absolute Gasteiger partial charge is 0.265 e. The van der Waals surface area contributed by atoms with Crippen molar-refractivity contribution in [1.29, 1.82) is 0 Å². The van der Waals surface area contributed by atoms with Gasteiger partial charge in [0.15, 0.2) is 6.61 Å². The number of rotatable bonds is 7. The minimum atomic E-state index is -0.0792. The molecule has 3 rings (SSSR count). The highest BCUT2D eigenvalue weighted by atomic mass is 35.5. The van der Waals surface area contributed by atoms with E-state index in [0.717, 1.165) is 24.3 Å². The fourth-order valence-electron chi connectivity index (χ4n) is 2.91. The summed E-state index contributed by atoms with van der Waals surface area (Å²) in [5.74, 6) is 1.75. The van der Waals surface area contributed by atoms with Crippen molar-refractivity contribution < 1.29 is 14.3 Å². The number of carbonyl (C=O) groups excluding carboxylic acids is 1. The summed E-state index contributed by atoms with van der Waals surface area (Å²) in [6, 6.07) is 14.9. The zero-order chi connectivity index (χ0) is 17.8. The Morgan fingerprint density at radius 1 is 1.20 bits per heavy atom. The molecular weight excluding hydrogens is 338 g/mol. The van der Waals surface area contributed by atoms with Crippen molar-refractivity contribution in [2.45, 2.75) is 25.8 Å². The van der Waals surface area contributed by atoms with Crippen molar-refractivity contribution >= 4 is 23.2 Å². The lowest BCUT2D eigenvalue weighted by Gasteiger charge is -2.29. The van der Waals surface area contributed by atoms with E-state index in [-0.39, 0.29) is 18.6 Å². The van der Waals surface area contributed by atoms with Crippen molar-refractivity contribution in [3.63, 3.8) is 0 Å². The quantitative estimate of drug-likeness (QED) is 0.727. The van der Waals surface area contributed by atoms with Crippen LogP contribution in [0.15, 0.2) is 48.5 Å². The summed E-state index contributed by atoms with van der Waals surface area (Å²) in [7, 11) is 1.63. The molecule has 0 bridgehead atoms. The zero-order valence-corrected chi connectivity index (χ0v) is 15.2. The lowest BCUT2D eigenvalue weighted by atomic mass is 10.1. The van der Waals surface area contributed by atoms with Crippen LogP contribution in [0.5, 0.6) is 11.5 Å². The minimum absolute atomic E-state index is 0.0488. The fourth-order valence-corrected chi connectivity index (χ4v) is 3.10. The van der Waals surface area contributed by atoms with Gasteiger partial charge in [0.1, 0.15) is 11.5 Å². The van der Waals surface area contributed by atoms with Gasteiger partial charge >= 0.3 is 0 Å². The molecule has 1 fully saturated rings. The highest BCUT2D eigenvalue weighted by Crippen LogP contribution is 2.37. The molecule has 5 heteroatoms. The topological polar surface area (TPSA) is 38.8 Å². The van der Waals surface area contributed by atoms with Gasteiger partial charge in [0.2, 0.25) is 0 Å². The molecule has 1 unspecified atom stereocenters. The van der Waals surface area contributed by atoms with E-state index in [1.165, 1.54) is 0 Å². The second kappa shape index (κ2) is 7.79. The van der Waals surface area contributed by atoms with Crippen LogP contribution < -0.4 is 14.4 Å². The number of ether oxygens (including phenoxy) is 2. The molecular formula is C20H22ClNO3. The van der Waals surface area contributed by atoms with Crippen molar-refractivity contribution in [2.24, 2.45) is 5.92 Å². The molecule has 0 aliphatic heterocycles. The van der Waals surface area contributed by atoms with Gasteiger partial charge in [0, 0.05) is 11.7 Å². The van der Waals surface area contributed by atoms with Crippen molar-refractivity contribution in [3.8, 4) is 11.5 Å². The molecule has 0 radical (unpaired) electrons. The van der Waals surface area contributed by atoms with Crippen LogP contribution in [-0.2, 0) is 4.79 Å². The molecule has 132 valence electrons. The second-order valence-corrected chi connectivity index (χ2v) is 6.67. The van der Waals surface area contributed by atoms with Gasteiger partial charge < -0.3 is 14.4 Å². The number of hydrogen-bond acceptors (Lipinski definition) is 3. The fraction of sp³-hybridized carbons (Fsp3) is 0.350. The largest absolute Gasteiger partial charge is 0.497 e. The number of amides is 1. The van der Waals surface area contributed by atoms with Crippen molar-refractivity contribution in [1.82, 2.24) is 0 Å². The summed E-state index contributed by atoms with van der Waals surface area (Å²) in [6.07, 6.45) is 2.32. The van der Waals surface area contributed by atoms with Gasteiger partial charge in [-0.1, -0.05) is 23.7 Å². The molecule has 0 aromatic heterocycles. The van der Waals surface area contributed by atoms with Gasteiger partial charge in [-0.25, -0.2) is 0 Å². The number of nitrogens with zero attached hydrogens (tertiary/aromatic N) is 1. The zero-order valence-electron chi connectivity index (χ0n) is 14.4. The first-order valence-corrected chi connectivity index (χ1v) is 8.81. The van der Waals surface area contributed by atoms with E-state index in [1.807, 2.05) is 41.3 Å². The van der Waals surface area contributed by atoms with Gasteiger partial charge in [-0.05, 0) is 62.1 Å². The first-order chi connectivity index (χ1) is 12.1. The Balaban J connectivity index is 1.76. The summed E-state index contributed by atoms with van der Waals surface area (Å²) in [4.78, 5) is 14.7. The van der Waals surface area contributed by atoms with Crippen LogP contribution in [0.1, 0.15) is 19.8 Å². The summed E-state index contributed by atoms with van der Waals surface area (Å²) < 4.78 is 10.9. The number of methoxy groups -OCH3 is 1. The maximum Gasteiger partial charge on any atom is 0.265 e. The Kier molecular flexibility index (Phi) is 5.49. The highest BCUT2D eigenvalue weighted by molar-refractivity contribution is 6.32. The average Bonchev–Trinajstić information content (AvgIpc) is 3.47. The van der Waals surface area contributed by atoms with E-state index in [4.69, 9.17) is 21.1 Å². The van der Waals surface area contributed by atoms with E-state index < -0.39 is 0 Å². The third-order valence-electron chi connectivity index (χ3n) is 4.52. The molecule has 1 aliphatic rings. The van der Waals surface area contributed by atoms with Crippen LogP contribution in [0.2, 0.25) is 5.02 Å². The molecule has 1 saturated carbocycles. The highest BCUT2D eigenvalue weighted by Gasteiger charge is 2.35. The molecule has 0 spiro atoms. The molecule has 1 atom stereocenters. The number of para-hydroxylation sites is 1. The third kappa shape index (κ3) is 4.26. The van der Waals surface area contributed by atoms with Gasteiger partial charge in [0.05, 0.1) is 12.1 Å². The number of halogens is 1. The van der Waals surface area contributed by atoms with E-state index >= 15 is 0 Å². The maximum atomic E-state index is 12.9. The molecule has 0 saturated heterocycles. The van der Waals surface area contributed by atoms with Gasteiger partial charge in [0.25, 0.3) is 5.91 Å². The lowest BCUT2D eigenvalue weighted by molar-refractivity contribution is -0.121. The first kappa shape index (κ1) is 17.6. The van der Waals surface area contributed by atoms with Gasteiger partial charge in [-0.15, -0.1) is 0 Å². The van der Waals surface area contributed by atoms with Crippen LogP contribution >= 0.6 is 11.6 Å². The van der Waals surface area contributed by atoms with Gasteiger partial charge in [-0.2, -0.15) is 0 Å². The van der Waals surface area contributed by atoms with Crippen LogP contribution in [0.4, 0.5) is 5.69 Å². The summed E-state index contributed by atoms with van der Waals surface area (Å²) in [5, 5.41) is 0.501. The number of hydrogen-bond donors (Lipinski definition) is 0. The number of anilines is 1. The molecule has 4 nitrogen and oxygen atoms in total. The van der Waals surface area contributed by atoms with Crippen LogP contribution in [0, 0.1) is 5.92 Å². The molecule has 0 N–H and O–H groups in total. The molecule has 2 aromatic rings. The normalized spacial score (nSPS) is 14.7. The number of benzene rings is 2. The molecule has 2 aromatic carbocycles. The Labute approximate surface area is 153 Å². The van der Waals surface area contributed by atoms with E-state index in [2.05, 4.69) is 6.92 Å². The lowest BCUT2D eigenvalue weighted by Crippen LogP contribution is -2.42. The summed E-state index contributed by atoms with van der Waals surface area (Å²) >= 11 is 6.10. The predicted octanol–water partition coefficient (Wildman–Crippen LogP) is 4.56. The standard InChI is InChI=1S/C20H22ClNO3/c1-14(15-7-8-15)22(16-9-11-17(24-2)12-10-16)20(23)13-25-19-6-4-3-5-18(19)21/h3-6,9-12,14-15H,7-8,13H2,1-2H3. The third-order valence-corrected chi connectivity index (χ3v) is 4.83. The first-order valence-electron chi connectivity index (χ1n) is 8.43.